The van der Waals surface area contributed by atoms with Gasteiger partial charge in [0, 0.05) is 44.0 Å². The van der Waals surface area contributed by atoms with Crippen LogP contribution in [0.5, 0.6) is 5.75 Å². The van der Waals surface area contributed by atoms with Crippen molar-refractivity contribution >= 4 is 34.7 Å². The van der Waals surface area contributed by atoms with Crippen molar-refractivity contribution in [1.29, 1.82) is 0 Å². The molecule has 2 N–H and O–H groups in total. The fraction of sp³-hybridized carbons (Fsp3) is 0.594. The van der Waals surface area contributed by atoms with E-state index in [4.69, 9.17) is 9.72 Å². The predicted octanol–water partition coefficient (Wildman–Crippen LogP) is 5.42. The number of methoxy groups -OCH3 is 1. The molecular weight excluding hydrogens is 514 g/mol. The lowest BCUT2D eigenvalue weighted by Crippen LogP contribution is -2.45. The van der Waals surface area contributed by atoms with Crippen molar-refractivity contribution in [2.24, 2.45) is 5.41 Å². The van der Waals surface area contributed by atoms with Gasteiger partial charge in [-0.25, -0.2) is 4.98 Å². The first-order valence-corrected chi connectivity index (χ1v) is 15.3. The van der Waals surface area contributed by atoms with Gasteiger partial charge in [0.2, 0.25) is 11.9 Å². The van der Waals surface area contributed by atoms with Crippen LogP contribution < -0.4 is 25.2 Å². The van der Waals surface area contributed by atoms with E-state index in [0.717, 1.165) is 66.6 Å². The molecule has 1 aromatic heterocycles. The Labute approximate surface area is 245 Å². The fourth-order valence-electron chi connectivity index (χ4n) is 6.46. The second-order valence-electron chi connectivity index (χ2n) is 12.3. The number of nitrogens with zero attached hydrogens (tertiary/aromatic N) is 5. The lowest BCUT2D eigenvalue weighted by atomic mass is 9.91. The van der Waals surface area contributed by atoms with Crippen LogP contribution in [0, 0.1) is 5.41 Å². The molecule has 9 nitrogen and oxygen atoms in total. The molecule has 222 valence electrons. The molecule has 0 unspecified atom stereocenters. The summed E-state index contributed by atoms with van der Waals surface area (Å²) in [5.74, 6) is 2.13. The van der Waals surface area contributed by atoms with Crippen LogP contribution in [-0.4, -0.2) is 73.7 Å². The molecule has 0 radical (unpaired) electrons. The van der Waals surface area contributed by atoms with Crippen LogP contribution in [0.15, 0.2) is 30.5 Å². The average Bonchev–Trinajstić information content (AvgIpc) is 3.69. The number of ether oxygens (including phenoxy) is 1. The minimum atomic E-state index is -0.517. The van der Waals surface area contributed by atoms with Crippen molar-refractivity contribution in [1.82, 2.24) is 20.2 Å². The van der Waals surface area contributed by atoms with E-state index in [2.05, 4.69) is 50.5 Å². The standard InChI is InChI=1S/C32H47N7O2/c1-6-11-25(33-16-19-38-17-9-10-18-38)23-14-15-26(28(20-23)41-5)35-31-34-21-27-29(36-31)39(24-12-7-8-13-24)22-32(2,3)30(40)37(27)4/h11,14-15,20-21,24,33H,6-10,12-13,16-19,22H2,1-5H3,(H,34,35,36)/b25-11-. The molecule has 0 atom stereocenters. The quantitative estimate of drug-likeness (QED) is 0.398. The van der Waals surface area contributed by atoms with Crippen molar-refractivity contribution in [3.63, 3.8) is 0 Å². The Morgan fingerprint density at radius 1 is 1.17 bits per heavy atom. The van der Waals surface area contributed by atoms with Gasteiger partial charge in [-0.1, -0.05) is 31.9 Å². The summed E-state index contributed by atoms with van der Waals surface area (Å²) < 4.78 is 5.82. The van der Waals surface area contributed by atoms with Crippen LogP contribution >= 0.6 is 0 Å². The Balaban J connectivity index is 1.38. The third-order valence-electron chi connectivity index (χ3n) is 8.71. The van der Waals surface area contributed by atoms with Gasteiger partial charge in [0.25, 0.3) is 0 Å². The molecule has 2 fully saturated rings. The van der Waals surface area contributed by atoms with Gasteiger partial charge in [0.05, 0.1) is 24.4 Å². The normalized spacial score (nSPS) is 19.8. The highest BCUT2D eigenvalue weighted by atomic mass is 16.5. The van der Waals surface area contributed by atoms with Crippen molar-refractivity contribution in [2.75, 3.05) is 62.0 Å². The molecule has 5 rings (SSSR count). The lowest BCUT2D eigenvalue weighted by Gasteiger charge is -2.34. The number of anilines is 4. The van der Waals surface area contributed by atoms with Gasteiger partial charge >= 0.3 is 0 Å². The fourth-order valence-corrected chi connectivity index (χ4v) is 6.46. The van der Waals surface area contributed by atoms with Crippen molar-refractivity contribution in [3.8, 4) is 5.75 Å². The minimum Gasteiger partial charge on any atom is -0.495 e. The van der Waals surface area contributed by atoms with Crippen LogP contribution in [0.1, 0.15) is 71.3 Å². The lowest BCUT2D eigenvalue weighted by molar-refractivity contribution is -0.125. The maximum absolute atomic E-state index is 13.3. The molecule has 1 saturated carbocycles. The van der Waals surface area contributed by atoms with Crippen LogP contribution in [-0.2, 0) is 4.79 Å². The minimum absolute atomic E-state index is 0.0887. The van der Waals surface area contributed by atoms with E-state index in [0.29, 0.717) is 18.5 Å². The molecule has 41 heavy (non-hydrogen) atoms. The summed E-state index contributed by atoms with van der Waals surface area (Å²) in [6.07, 6.45) is 12.2. The van der Waals surface area contributed by atoms with Gasteiger partial charge in [-0.05, 0) is 71.2 Å². The number of hydrogen-bond acceptors (Lipinski definition) is 8. The Bertz CT molecular complexity index is 1250. The molecule has 3 heterocycles. The number of carbonyl (C=O) groups excluding carboxylic acids is 1. The van der Waals surface area contributed by atoms with Crippen LogP contribution in [0.25, 0.3) is 5.70 Å². The smallest absolute Gasteiger partial charge is 0.234 e. The highest BCUT2D eigenvalue weighted by Gasteiger charge is 2.41. The first-order valence-electron chi connectivity index (χ1n) is 15.3. The largest absolute Gasteiger partial charge is 0.495 e. The number of rotatable bonds is 10. The summed E-state index contributed by atoms with van der Waals surface area (Å²) in [6, 6.07) is 6.59. The average molecular weight is 562 g/mol. The van der Waals surface area contributed by atoms with E-state index in [1.165, 1.54) is 38.8 Å². The zero-order valence-corrected chi connectivity index (χ0v) is 25.5. The SMILES string of the molecule is CC/C=C(\NCCN1CCCC1)c1ccc(Nc2ncc3c(n2)N(C2CCCC2)CC(C)(C)C(=O)N3C)c(OC)c1. The molecule has 1 aliphatic carbocycles. The Kier molecular flexibility index (Phi) is 9.02. The Hall–Kier alpha value is -3.33. The van der Waals surface area contributed by atoms with Gasteiger partial charge in [0.1, 0.15) is 11.4 Å². The second-order valence-corrected chi connectivity index (χ2v) is 12.3. The number of fused-ring (bicyclic) bond motifs is 1. The molecule has 3 aliphatic rings. The van der Waals surface area contributed by atoms with Crippen molar-refractivity contribution < 1.29 is 9.53 Å². The molecule has 2 aliphatic heterocycles. The molecule has 9 heteroatoms. The number of amides is 1. The van der Waals surface area contributed by atoms with E-state index in [9.17, 15) is 4.79 Å². The summed E-state index contributed by atoms with van der Waals surface area (Å²) in [6.45, 7) is 11.2. The van der Waals surface area contributed by atoms with Crippen LogP contribution in [0.2, 0.25) is 0 Å². The monoisotopic (exact) mass is 561 g/mol. The number of aromatic nitrogens is 2. The highest BCUT2D eigenvalue weighted by molar-refractivity contribution is 6.00. The first kappa shape index (κ1) is 29.2. The summed E-state index contributed by atoms with van der Waals surface area (Å²) in [5.41, 5.74) is 3.26. The number of likely N-dealkylation sites (tertiary alicyclic amines) is 1. The number of allylic oxidation sites excluding steroid dienone is 1. The van der Waals surface area contributed by atoms with Crippen molar-refractivity contribution in [3.05, 3.63) is 36.0 Å². The summed E-state index contributed by atoms with van der Waals surface area (Å²) in [4.78, 5) is 29.6. The summed E-state index contributed by atoms with van der Waals surface area (Å²) >= 11 is 0. The van der Waals surface area contributed by atoms with Gasteiger partial charge in [0.15, 0.2) is 5.82 Å². The molecule has 1 amide bonds. The van der Waals surface area contributed by atoms with Gasteiger partial charge in [-0.15, -0.1) is 0 Å². The maximum atomic E-state index is 13.3. The van der Waals surface area contributed by atoms with Crippen LogP contribution in [0.4, 0.5) is 23.1 Å². The van der Waals surface area contributed by atoms with E-state index in [1.54, 1.807) is 18.2 Å². The molecule has 1 aromatic carbocycles. The number of carbonyl (C=O) groups is 1. The van der Waals surface area contributed by atoms with E-state index < -0.39 is 5.41 Å². The number of nitrogens with one attached hydrogen (secondary N) is 2. The number of hydrogen-bond donors (Lipinski definition) is 2. The van der Waals surface area contributed by atoms with E-state index >= 15 is 0 Å². The molecular formula is C32H47N7O2. The molecule has 0 bridgehead atoms. The molecule has 1 saturated heterocycles. The van der Waals surface area contributed by atoms with Crippen molar-refractivity contribution in [2.45, 2.75) is 71.8 Å². The Morgan fingerprint density at radius 2 is 1.93 bits per heavy atom. The third-order valence-corrected chi connectivity index (χ3v) is 8.71. The zero-order chi connectivity index (χ0) is 29.0. The first-order chi connectivity index (χ1) is 19.8. The molecule has 2 aromatic rings. The van der Waals surface area contributed by atoms with Gasteiger partial charge in [-0.2, -0.15) is 4.98 Å². The van der Waals surface area contributed by atoms with Crippen LogP contribution in [0.3, 0.4) is 0 Å². The van der Waals surface area contributed by atoms with E-state index in [-0.39, 0.29) is 5.91 Å². The second kappa shape index (κ2) is 12.7. The highest BCUT2D eigenvalue weighted by Crippen LogP contribution is 2.40. The number of benzene rings is 1. The zero-order valence-electron chi connectivity index (χ0n) is 25.5. The van der Waals surface area contributed by atoms with Gasteiger partial charge < -0.3 is 30.1 Å². The Morgan fingerprint density at radius 3 is 2.63 bits per heavy atom. The third kappa shape index (κ3) is 6.45. The van der Waals surface area contributed by atoms with Gasteiger partial charge in [-0.3, -0.25) is 4.79 Å². The summed E-state index contributed by atoms with van der Waals surface area (Å²) in [7, 11) is 3.52. The molecule has 0 spiro atoms. The van der Waals surface area contributed by atoms with E-state index in [1.807, 2.05) is 27.0 Å². The summed E-state index contributed by atoms with van der Waals surface area (Å²) in [5, 5.41) is 7.06. The predicted molar refractivity (Wildman–Crippen MR) is 167 cm³/mol. The maximum Gasteiger partial charge on any atom is 0.234 e. The topological polar surface area (TPSA) is 85.9 Å².